The van der Waals surface area contributed by atoms with E-state index in [9.17, 15) is 14.4 Å². The number of pyridine rings is 1. The Bertz CT molecular complexity index is 1050. The third-order valence-electron chi connectivity index (χ3n) is 3.95. The van der Waals surface area contributed by atoms with Crippen LogP contribution in [0.1, 0.15) is 27.6 Å². The van der Waals surface area contributed by atoms with Gasteiger partial charge in [-0.05, 0) is 43.3 Å². The lowest BCUT2D eigenvalue weighted by Crippen LogP contribution is -2.23. The van der Waals surface area contributed by atoms with Crippen LogP contribution in [0.15, 0.2) is 53.5 Å². The van der Waals surface area contributed by atoms with Gasteiger partial charge in [-0.3, -0.25) is 14.4 Å². The molecule has 5 nitrogen and oxygen atoms in total. The average molecular weight is 355 g/mol. The normalized spacial score (nSPS) is 10.7. The minimum absolute atomic E-state index is 0.0212. The van der Waals surface area contributed by atoms with Crippen molar-refractivity contribution in [1.82, 2.24) is 4.57 Å². The van der Waals surface area contributed by atoms with Crippen LogP contribution >= 0.6 is 11.6 Å². The van der Waals surface area contributed by atoms with E-state index in [0.717, 1.165) is 0 Å². The summed E-state index contributed by atoms with van der Waals surface area (Å²) in [5.41, 5.74) is 1.27. The van der Waals surface area contributed by atoms with E-state index >= 15 is 0 Å². The van der Waals surface area contributed by atoms with Crippen LogP contribution in [0.4, 0.5) is 5.69 Å². The van der Waals surface area contributed by atoms with Crippen LogP contribution in [0.5, 0.6) is 0 Å². The van der Waals surface area contributed by atoms with Gasteiger partial charge in [-0.1, -0.05) is 17.7 Å². The first kappa shape index (κ1) is 16.9. The first-order valence-electron chi connectivity index (χ1n) is 7.58. The molecule has 0 aliphatic carbocycles. The second-order valence-electron chi connectivity index (χ2n) is 5.71. The number of Topliss-reactive ketones (excluding diaryl/α,β-unsaturated/α-hetero) is 1. The largest absolute Gasteiger partial charge is 0.348 e. The topological polar surface area (TPSA) is 68.2 Å². The Hall–Kier alpha value is -2.92. The summed E-state index contributed by atoms with van der Waals surface area (Å²) in [5, 5.41) is 3.51. The van der Waals surface area contributed by atoms with Crippen molar-refractivity contribution in [2.75, 3.05) is 5.32 Å². The van der Waals surface area contributed by atoms with E-state index < -0.39 is 5.91 Å². The summed E-state index contributed by atoms with van der Waals surface area (Å²) in [7, 11) is 1.73. The standard InChI is InChI=1S/C19H15ClN2O3/c1-11(23)12-6-8-13(9-7-12)21-19(25)15-10-22(2)17-14(18(15)24)4-3-5-16(17)20/h3-10H,1-2H3,(H,21,25). The van der Waals surface area contributed by atoms with Crippen LogP contribution < -0.4 is 10.7 Å². The molecular weight excluding hydrogens is 340 g/mol. The number of hydrogen-bond acceptors (Lipinski definition) is 3. The van der Waals surface area contributed by atoms with Gasteiger partial charge in [-0.25, -0.2) is 0 Å². The number of aromatic nitrogens is 1. The third kappa shape index (κ3) is 3.19. The molecule has 6 heteroatoms. The van der Waals surface area contributed by atoms with E-state index in [0.29, 0.717) is 27.2 Å². The van der Waals surface area contributed by atoms with Gasteiger partial charge in [0.1, 0.15) is 5.56 Å². The molecule has 0 unspecified atom stereocenters. The highest BCUT2D eigenvalue weighted by Gasteiger charge is 2.16. The van der Waals surface area contributed by atoms with Crippen LogP contribution in [0.25, 0.3) is 10.9 Å². The lowest BCUT2D eigenvalue weighted by Gasteiger charge is -2.11. The first-order chi connectivity index (χ1) is 11.9. The Labute approximate surface area is 148 Å². The fourth-order valence-corrected chi connectivity index (χ4v) is 2.98. The first-order valence-corrected chi connectivity index (χ1v) is 7.96. The van der Waals surface area contributed by atoms with Gasteiger partial charge in [0.25, 0.3) is 5.91 Å². The van der Waals surface area contributed by atoms with Gasteiger partial charge < -0.3 is 9.88 Å². The Morgan fingerprint density at radius 1 is 1.08 bits per heavy atom. The third-order valence-corrected chi connectivity index (χ3v) is 4.25. The van der Waals surface area contributed by atoms with Crippen molar-refractivity contribution in [2.45, 2.75) is 6.92 Å². The number of para-hydroxylation sites is 1. The van der Waals surface area contributed by atoms with Crippen LogP contribution in [0.2, 0.25) is 5.02 Å². The number of carbonyl (C=O) groups is 2. The van der Waals surface area contributed by atoms with Gasteiger partial charge in [0.2, 0.25) is 5.43 Å². The van der Waals surface area contributed by atoms with Crippen molar-refractivity contribution in [3.05, 3.63) is 75.0 Å². The number of amides is 1. The van der Waals surface area contributed by atoms with Gasteiger partial charge in [-0.15, -0.1) is 0 Å². The number of nitrogens with zero attached hydrogens (tertiary/aromatic N) is 1. The molecule has 1 aromatic heterocycles. The highest BCUT2D eigenvalue weighted by molar-refractivity contribution is 6.35. The fourth-order valence-electron chi connectivity index (χ4n) is 2.67. The zero-order chi connectivity index (χ0) is 18.1. The van der Waals surface area contributed by atoms with Gasteiger partial charge in [0.15, 0.2) is 5.78 Å². The SMILES string of the molecule is CC(=O)c1ccc(NC(=O)c2cn(C)c3c(Cl)cccc3c2=O)cc1. The molecule has 25 heavy (non-hydrogen) atoms. The molecule has 1 heterocycles. The molecule has 0 fully saturated rings. The lowest BCUT2D eigenvalue weighted by atomic mass is 10.1. The van der Waals surface area contributed by atoms with Crippen molar-refractivity contribution in [2.24, 2.45) is 7.05 Å². The van der Waals surface area contributed by atoms with Crippen molar-refractivity contribution < 1.29 is 9.59 Å². The molecule has 0 atom stereocenters. The maximum Gasteiger partial charge on any atom is 0.261 e. The summed E-state index contributed by atoms with van der Waals surface area (Å²) in [5.74, 6) is -0.573. The summed E-state index contributed by atoms with van der Waals surface area (Å²) in [6.07, 6.45) is 1.47. The van der Waals surface area contributed by atoms with Crippen LogP contribution in [-0.2, 0) is 7.05 Å². The molecule has 0 spiro atoms. The molecule has 1 amide bonds. The molecule has 0 aliphatic heterocycles. The summed E-state index contributed by atoms with van der Waals surface area (Å²) < 4.78 is 1.66. The zero-order valence-corrected chi connectivity index (χ0v) is 14.4. The van der Waals surface area contributed by atoms with E-state index in [1.165, 1.54) is 13.1 Å². The molecule has 0 saturated carbocycles. The molecule has 3 aromatic rings. The minimum Gasteiger partial charge on any atom is -0.348 e. The molecule has 0 radical (unpaired) electrons. The fraction of sp³-hybridized carbons (Fsp3) is 0.105. The van der Waals surface area contributed by atoms with Crippen molar-refractivity contribution in [3.8, 4) is 0 Å². The molecule has 126 valence electrons. The summed E-state index contributed by atoms with van der Waals surface area (Å²) in [6.45, 7) is 1.47. The minimum atomic E-state index is -0.516. The quantitative estimate of drug-likeness (QED) is 0.730. The van der Waals surface area contributed by atoms with Gasteiger partial charge in [-0.2, -0.15) is 0 Å². The summed E-state index contributed by atoms with van der Waals surface area (Å²) in [4.78, 5) is 36.4. The highest BCUT2D eigenvalue weighted by atomic mass is 35.5. The van der Waals surface area contributed by atoms with Crippen molar-refractivity contribution in [3.63, 3.8) is 0 Å². The van der Waals surface area contributed by atoms with Gasteiger partial charge in [0, 0.05) is 29.9 Å². The van der Waals surface area contributed by atoms with Gasteiger partial charge >= 0.3 is 0 Å². The second kappa shape index (κ2) is 6.53. The number of carbonyl (C=O) groups excluding carboxylic acids is 2. The Morgan fingerprint density at radius 2 is 1.76 bits per heavy atom. The van der Waals surface area contributed by atoms with Crippen LogP contribution in [-0.4, -0.2) is 16.3 Å². The Kier molecular flexibility index (Phi) is 4.42. The number of ketones is 1. The van der Waals surface area contributed by atoms with Crippen LogP contribution in [0.3, 0.4) is 0 Å². The van der Waals surface area contributed by atoms with Crippen molar-refractivity contribution in [1.29, 1.82) is 0 Å². The van der Waals surface area contributed by atoms with Crippen molar-refractivity contribution >= 4 is 39.9 Å². The molecule has 0 aliphatic rings. The molecule has 2 aromatic carbocycles. The van der Waals surface area contributed by atoms with E-state index in [-0.39, 0.29) is 16.8 Å². The zero-order valence-electron chi connectivity index (χ0n) is 13.7. The number of anilines is 1. The maximum atomic E-state index is 12.6. The van der Waals surface area contributed by atoms with Gasteiger partial charge in [0.05, 0.1) is 10.5 Å². The number of rotatable bonds is 3. The number of aryl methyl sites for hydroxylation is 1. The number of nitrogens with one attached hydrogen (secondary N) is 1. The predicted molar refractivity (Wildman–Crippen MR) is 98.6 cm³/mol. The second-order valence-corrected chi connectivity index (χ2v) is 6.11. The predicted octanol–water partition coefficient (Wildman–Crippen LogP) is 3.65. The Morgan fingerprint density at radius 3 is 2.40 bits per heavy atom. The maximum absolute atomic E-state index is 12.6. The summed E-state index contributed by atoms with van der Waals surface area (Å²) in [6, 6.07) is 11.5. The monoisotopic (exact) mass is 354 g/mol. The average Bonchev–Trinajstić information content (AvgIpc) is 2.58. The molecule has 1 N–H and O–H groups in total. The van der Waals surface area contributed by atoms with Crippen LogP contribution in [0, 0.1) is 0 Å². The Balaban J connectivity index is 1.99. The smallest absolute Gasteiger partial charge is 0.261 e. The summed E-state index contributed by atoms with van der Waals surface area (Å²) >= 11 is 6.15. The number of benzene rings is 2. The molecular formula is C19H15ClN2O3. The molecule has 0 bridgehead atoms. The number of halogens is 1. The lowest BCUT2D eigenvalue weighted by molar-refractivity contribution is 0.101. The van der Waals surface area contributed by atoms with E-state index in [1.54, 1.807) is 54.1 Å². The van der Waals surface area contributed by atoms with E-state index in [1.807, 2.05) is 0 Å². The highest BCUT2D eigenvalue weighted by Crippen LogP contribution is 2.21. The van der Waals surface area contributed by atoms with E-state index in [2.05, 4.69) is 5.32 Å². The molecule has 3 rings (SSSR count). The number of hydrogen-bond donors (Lipinski definition) is 1. The number of fused-ring (bicyclic) bond motifs is 1. The van der Waals surface area contributed by atoms with E-state index in [4.69, 9.17) is 11.6 Å². The molecule has 0 saturated heterocycles.